The third kappa shape index (κ3) is 5.71. The van der Waals surface area contributed by atoms with E-state index in [1.165, 1.54) is 0 Å². The molecule has 1 aliphatic carbocycles. The lowest BCUT2D eigenvalue weighted by molar-refractivity contribution is 0.101. The number of phenols is 1. The summed E-state index contributed by atoms with van der Waals surface area (Å²) < 4.78 is 0. The van der Waals surface area contributed by atoms with E-state index in [4.69, 9.17) is 28.2 Å². The van der Waals surface area contributed by atoms with Crippen molar-refractivity contribution in [2.45, 2.75) is 50.4 Å². The fourth-order valence-electron chi connectivity index (χ4n) is 4.99. The zero-order valence-corrected chi connectivity index (χ0v) is 22.1. The fraction of sp³-hybridized carbons (Fsp3) is 0.444. The molecule has 0 amide bonds. The highest BCUT2D eigenvalue weighted by atomic mass is 35.5. The maximum absolute atomic E-state index is 12.9. The Morgan fingerprint density at radius 1 is 1.14 bits per heavy atom. The van der Waals surface area contributed by atoms with E-state index in [9.17, 15) is 9.90 Å². The van der Waals surface area contributed by atoms with Gasteiger partial charge in [-0.2, -0.15) is 0 Å². The second-order valence-electron chi connectivity index (χ2n) is 9.86. The van der Waals surface area contributed by atoms with E-state index in [1.54, 1.807) is 6.20 Å². The molecule has 0 unspecified atom stereocenters. The van der Waals surface area contributed by atoms with E-state index in [1.807, 2.05) is 38.1 Å². The monoisotopic (exact) mass is 514 g/mol. The molecule has 6 nitrogen and oxygen atoms in total. The number of hydrogen-bond acceptors (Lipinski definition) is 6. The topological polar surface area (TPSA) is 78.4 Å². The van der Waals surface area contributed by atoms with Gasteiger partial charge in [-0.05, 0) is 94.9 Å². The summed E-state index contributed by atoms with van der Waals surface area (Å²) in [6, 6.07) is 7.85. The zero-order chi connectivity index (χ0) is 25.3. The van der Waals surface area contributed by atoms with Crippen molar-refractivity contribution in [1.82, 2.24) is 14.9 Å². The third-order valence-corrected chi connectivity index (χ3v) is 7.18. The molecular weight excluding hydrogens is 483 g/mol. The van der Waals surface area contributed by atoms with E-state index in [0.717, 1.165) is 54.6 Å². The van der Waals surface area contributed by atoms with Crippen LogP contribution in [0.25, 0.3) is 22.3 Å². The van der Waals surface area contributed by atoms with Gasteiger partial charge in [-0.3, -0.25) is 9.78 Å². The number of aromatic hydroxyl groups is 1. The van der Waals surface area contributed by atoms with Gasteiger partial charge in [-0.15, -0.1) is 0 Å². The summed E-state index contributed by atoms with van der Waals surface area (Å²) in [5, 5.41) is 13.8. The number of carbonyl (C=O) groups is 1. The van der Waals surface area contributed by atoms with Crippen LogP contribution in [0, 0.1) is 19.8 Å². The number of Topliss-reactive ketones (excluding diaryl/α,β-unsaturated/α-hetero) is 1. The fourth-order valence-corrected chi connectivity index (χ4v) is 5.23. The van der Waals surface area contributed by atoms with Crippen LogP contribution in [-0.4, -0.2) is 57.3 Å². The van der Waals surface area contributed by atoms with Crippen molar-refractivity contribution in [1.29, 1.82) is 0 Å². The van der Waals surface area contributed by atoms with E-state index in [0.29, 0.717) is 28.2 Å². The zero-order valence-electron chi connectivity index (χ0n) is 20.6. The summed E-state index contributed by atoms with van der Waals surface area (Å²) >= 11 is 12.0. The molecular formula is C27H32Cl2N4O2. The van der Waals surface area contributed by atoms with E-state index in [-0.39, 0.29) is 11.8 Å². The lowest BCUT2D eigenvalue weighted by Crippen LogP contribution is -2.31. The van der Waals surface area contributed by atoms with Gasteiger partial charge < -0.3 is 15.3 Å². The van der Waals surface area contributed by atoms with Crippen molar-refractivity contribution in [2.24, 2.45) is 5.92 Å². The van der Waals surface area contributed by atoms with Crippen LogP contribution in [0.2, 0.25) is 0 Å². The Hall–Kier alpha value is -2.41. The number of pyridine rings is 2. The molecule has 0 atom stereocenters. The molecule has 186 valence electrons. The number of halogens is 2. The maximum Gasteiger partial charge on any atom is 0.199 e. The smallest absolute Gasteiger partial charge is 0.199 e. The number of nitrogens with one attached hydrogen (secondary N) is 1. The molecule has 2 heterocycles. The van der Waals surface area contributed by atoms with Gasteiger partial charge in [0.1, 0.15) is 11.3 Å². The molecule has 0 spiro atoms. The summed E-state index contributed by atoms with van der Waals surface area (Å²) in [6.45, 7) is 4.82. The van der Waals surface area contributed by atoms with Gasteiger partial charge in [-0.1, -0.05) is 23.2 Å². The predicted octanol–water partition coefficient (Wildman–Crippen LogP) is 6.14. The minimum atomic E-state index is -1.18. The number of hydrogen-bond donors (Lipinski definition) is 2. The molecule has 2 aromatic heterocycles. The molecule has 1 aromatic carbocycles. The van der Waals surface area contributed by atoms with Crippen molar-refractivity contribution in [3.63, 3.8) is 0 Å². The predicted molar refractivity (Wildman–Crippen MR) is 144 cm³/mol. The first-order valence-corrected chi connectivity index (χ1v) is 12.8. The quantitative estimate of drug-likeness (QED) is 0.291. The van der Waals surface area contributed by atoms with Gasteiger partial charge in [0.25, 0.3) is 0 Å². The molecule has 1 saturated carbocycles. The number of ketones is 1. The molecule has 3 aromatic rings. The minimum absolute atomic E-state index is 0.221. The summed E-state index contributed by atoms with van der Waals surface area (Å²) in [6.07, 6.45) is 5.81. The molecule has 0 radical (unpaired) electrons. The lowest BCUT2D eigenvalue weighted by atomic mass is 9.85. The van der Waals surface area contributed by atoms with Gasteiger partial charge in [-0.25, -0.2) is 4.98 Å². The number of anilines is 1. The Balaban J connectivity index is 1.75. The maximum atomic E-state index is 12.9. The average Bonchev–Trinajstić information content (AvgIpc) is 2.82. The van der Waals surface area contributed by atoms with Gasteiger partial charge in [0.05, 0.1) is 22.5 Å². The molecule has 1 aliphatic rings. The number of rotatable bonds is 7. The van der Waals surface area contributed by atoms with E-state index < -0.39 is 10.6 Å². The third-order valence-electron chi connectivity index (χ3n) is 6.78. The van der Waals surface area contributed by atoms with Crippen LogP contribution in [0.4, 0.5) is 5.69 Å². The first-order valence-electron chi connectivity index (χ1n) is 12.0. The molecule has 8 heteroatoms. The van der Waals surface area contributed by atoms with E-state index in [2.05, 4.69) is 29.3 Å². The van der Waals surface area contributed by atoms with Gasteiger partial charge in [0, 0.05) is 24.3 Å². The van der Waals surface area contributed by atoms with Crippen molar-refractivity contribution < 1.29 is 9.90 Å². The first-order chi connectivity index (χ1) is 16.6. The number of benzene rings is 1. The molecule has 2 N–H and O–H groups in total. The van der Waals surface area contributed by atoms with Crippen molar-refractivity contribution in [3.05, 3.63) is 47.2 Å². The Morgan fingerprint density at radius 2 is 1.80 bits per heavy atom. The van der Waals surface area contributed by atoms with Gasteiger partial charge in [0.15, 0.2) is 10.6 Å². The Kier molecular flexibility index (Phi) is 7.84. The number of phenolic OH excluding ortho intramolecular Hbond substituents is 1. The normalized spacial score (nSPS) is 18.4. The SMILES string of the molecule is Cc1cc(-c2ccc3ncc(C(=O)C(Cl)Cl)c(NC4CCC(CN(C)C)CC4)c3n2)cc(C)c1O. The van der Waals surface area contributed by atoms with Crippen LogP contribution < -0.4 is 5.32 Å². The Labute approximate surface area is 216 Å². The number of aromatic nitrogens is 2. The second kappa shape index (κ2) is 10.7. The number of nitrogens with zero attached hydrogens (tertiary/aromatic N) is 3. The number of carbonyl (C=O) groups excluding carboxylic acids is 1. The van der Waals surface area contributed by atoms with Crippen LogP contribution in [-0.2, 0) is 0 Å². The highest BCUT2D eigenvalue weighted by molar-refractivity contribution is 6.55. The summed E-state index contributed by atoms with van der Waals surface area (Å²) in [5.74, 6) is 0.570. The van der Waals surface area contributed by atoms with Crippen LogP contribution in [0.3, 0.4) is 0 Å². The van der Waals surface area contributed by atoms with Crippen molar-refractivity contribution in [3.8, 4) is 17.0 Å². The minimum Gasteiger partial charge on any atom is -0.507 e. The van der Waals surface area contributed by atoms with Crippen LogP contribution in [0.5, 0.6) is 5.75 Å². The van der Waals surface area contributed by atoms with Crippen molar-refractivity contribution >= 4 is 45.7 Å². The van der Waals surface area contributed by atoms with E-state index >= 15 is 0 Å². The second-order valence-corrected chi connectivity index (χ2v) is 11.0. The molecule has 0 saturated heterocycles. The van der Waals surface area contributed by atoms with Gasteiger partial charge >= 0.3 is 0 Å². The van der Waals surface area contributed by atoms with Crippen LogP contribution >= 0.6 is 23.2 Å². The number of aryl methyl sites for hydroxylation is 2. The lowest BCUT2D eigenvalue weighted by Gasteiger charge is -2.31. The Morgan fingerprint density at radius 3 is 2.40 bits per heavy atom. The highest BCUT2D eigenvalue weighted by Crippen LogP contribution is 2.34. The average molecular weight is 515 g/mol. The Bertz CT molecular complexity index is 1210. The summed E-state index contributed by atoms with van der Waals surface area (Å²) in [4.78, 5) is 23.4. The standard InChI is InChI=1S/C27H32Cl2N4O2/c1-15-11-18(12-16(2)25(15)34)21-9-10-22-24(32-21)23(20(13-30-22)26(35)27(28)29)31-19-7-5-17(6-8-19)14-33(3)4/h9-13,17,19,27,34H,5-8,14H2,1-4H3,(H,30,31). The largest absolute Gasteiger partial charge is 0.507 e. The number of fused-ring (bicyclic) bond motifs is 1. The molecule has 1 fully saturated rings. The summed E-state index contributed by atoms with van der Waals surface area (Å²) in [5.41, 5.74) is 5.47. The first kappa shape index (κ1) is 25.7. The van der Waals surface area contributed by atoms with Crippen LogP contribution in [0.15, 0.2) is 30.5 Å². The van der Waals surface area contributed by atoms with Crippen LogP contribution in [0.1, 0.15) is 47.2 Å². The van der Waals surface area contributed by atoms with Gasteiger partial charge in [0.2, 0.25) is 0 Å². The molecule has 0 bridgehead atoms. The summed E-state index contributed by atoms with van der Waals surface area (Å²) in [7, 11) is 4.22. The number of alkyl halides is 2. The molecule has 4 rings (SSSR count). The molecule has 0 aliphatic heterocycles. The highest BCUT2D eigenvalue weighted by Gasteiger charge is 2.26. The molecule has 35 heavy (non-hydrogen) atoms. The van der Waals surface area contributed by atoms with Crippen molar-refractivity contribution in [2.75, 3.05) is 26.0 Å².